The van der Waals surface area contributed by atoms with Crippen LogP contribution in [0.1, 0.15) is 55.8 Å². The molecule has 5 rings (SSSR count). The number of benzene rings is 2. The number of fused-ring (bicyclic) bond motifs is 4. The summed E-state index contributed by atoms with van der Waals surface area (Å²) in [6.07, 6.45) is 2.54. The smallest absolute Gasteiger partial charge is 0.203 e. The number of hydrogen-bond acceptors (Lipinski definition) is 4. The first-order valence-corrected chi connectivity index (χ1v) is 9.82. The molecule has 0 aliphatic carbocycles. The second-order valence-electron chi connectivity index (χ2n) is 8.60. The highest BCUT2D eigenvalue weighted by Gasteiger charge is 2.54. The van der Waals surface area contributed by atoms with Crippen molar-refractivity contribution < 1.29 is 9.47 Å². The molecular formula is C23H26N2O2. The van der Waals surface area contributed by atoms with Gasteiger partial charge in [0, 0.05) is 24.8 Å². The average molecular weight is 362 g/mol. The van der Waals surface area contributed by atoms with Gasteiger partial charge in [0.25, 0.3) is 0 Å². The molecule has 1 saturated heterocycles. The second kappa shape index (κ2) is 5.83. The molecule has 2 aromatic rings. The van der Waals surface area contributed by atoms with Crippen molar-refractivity contribution in [3.8, 4) is 5.75 Å². The van der Waals surface area contributed by atoms with Crippen LogP contribution in [-0.2, 0) is 4.74 Å². The lowest BCUT2D eigenvalue weighted by molar-refractivity contribution is -0.212. The van der Waals surface area contributed by atoms with Gasteiger partial charge in [0.2, 0.25) is 5.72 Å². The summed E-state index contributed by atoms with van der Waals surface area (Å²) < 4.78 is 12.7. The van der Waals surface area contributed by atoms with Crippen molar-refractivity contribution in [1.82, 2.24) is 5.01 Å². The van der Waals surface area contributed by atoms with Gasteiger partial charge in [-0.3, -0.25) is 0 Å². The fourth-order valence-corrected chi connectivity index (χ4v) is 4.72. The van der Waals surface area contributed by atoms with E-state index in [9.17, 15) is 0 Å². The number of nitrogens with zero attached hydrogens (tertiary/aromatic N) is 2. The van der Waals surface area contributed by atoms with Gasteiger partial charge in [-0.05, 0) is 32.4 Å². The molecule has 0 N–H and O–H groups in total. The minimum Gasteiger partial charge on any atom is -0.466 e. The molecule has 4 nitrogen and oxygen atoms in total. The quantitative estimate of drug-likeness (QED) is 0.729. The molecule has 3 heterocycles. The third kappa shape index (κ3) is 2.74. The predicted octanol–water partition coefficient (Wildman–Crippen LogP) is 4.82. The van der Waals surface area contributed by atoms with Crippen molar-refractivity contribution in [2.45, 2.75) is 57.4 Å². The maximum absolute atomic E-state index is 6.65. The van der Waals surface area contributed by atoms with Crippen LogP contribution in [0.2, 0.25) is 0 Å². The molecule has 2 atom stereocenters. The van der Waals surface area contributed by atoms with Gasteiger partial charge < -0.3 is 9.47 Å². The summed E-state index contributed by atoms with van der Waals surface area (Å²) in [5, 5.41) is 7.37. The van der Waals surface area contributed by atoms with Crippen LogP contribution in [0.4, 0.5) is 0 Å². The number of hydrazone groups is 1. The average Bonchev–Trinajstić information content (AvgIpc) is 3.08. The summed E-state index contributed by atoms with van der Waals surface area (Å²) in [4.78, 5) is 0. The Hall–Kier alpha value is -2.33. The molecule has 0 radical (unpaired) electrons. The normalized spacial score (nSPS) is 28.3. The van der Waals surface area contributed by atoms with Crippen molar-refractivity contribution in [2.75, 3.05) is 6.61 Å². The Morgan fingerprint density at radius 1 is 1.07 bits per heavy atom. The third-order valence-corrected chi connectivity index (χ3v) is 5.98. The molecule has 0 aromatic heterocycles. The van der Waals surface area contributed by atoms with Crippen LogP contribution < -0.4 is 4.74 Å². The molecule has 1 spiro atoms. The Balaban J connectivity index is 1.60. The Morgan fingerprint density at radius 2 is 1.85 bits per heavy atom. The van der Waals surface area contributed by atoms with E-state index in [2.05, 4.69) is 74.3 Å². The van der Waals surface area contributed by atoms with Crippen molar-refractivity contribution in [3.05, 3.63) is 65.2 Å². The van der Waals surface area contributed by atoms with E-state index in [0.717, 1.165) is 30.7 Å². The molecular weight excluding hydrogens is 336 g/mol. The van der Waals surface area contributed by atoms with E-state index in [1.807, 2.05) is 0 Å². The molecule has 0 bridgehead atoms. The summed E-state index contributed by atoms with van der Waals surface area (Å²) >= 11 is 0. The number of para-hydroxylation sites is 1. The number of rotatable bonds is 1. The Bertz CT molecular complexity index is 903. The summed E-state index contributed by atoms with van der Waals surface area (Å²) in [6, 6.07) is 17.3. The van der Waals surface area contributed by atoms with Gasteiger partial charge in [-0.25, -0.2) is 5.01 Å². The number of ether oxygens (including phenoxy) is 2. The summed E-state index contributed by atoms with van der Waals surface area (Å²) in [5.41, 5.74) is 4.19. The highest BCUT2D eigenvalue weighted by atomic mass is 16.5. The highest BCUT2D eigenvalue weighted by molar-refractivity contribution is 6.02. The molecule has 2 aromatic carbocycles. The van der Waals surface area contributed by atoms with E-state index >= 15 is 0 Å². The molecule has 0 amide bonds. The van der Waals surface area contributed by atoms with Crippen LogP contribution in [-0.4, -0.2) is 28.7 Å². The van der Waals surface area contributed by atoms with Gasteiger partial charge in [-0.1, -0.05) is 48.0 Å². The minimum absolute atomic E-state index is 0.222. The molecule has 0 saturated carbocycles. The van der Waals surface area contributed by atoms with E-state index in [-0.39, 0.29) is 11.6 Å². The molecule has 140 valence electrons. The zero-order valence-electron chi connectivity index (χ0n) is 16.2. The van der Waals surface area contributed by atoms with Gasteiger partial charge in [0.1, 0.15) is 5.75 Å². The summed E-state index contributed by atoms with van der Waals surface area (Å²) in [6.45, 7) is 7.10. The Labute approximate surface area is 160 Å². The standard InChI is InChI=1S/C23H26N2O2/c1-16-8-10-17(11-9-16)19-14-20-18-6-4-5-7-21(18)27-23(25(20)24-19)12-13-26-22(2,3)15-23/h4-11,20H,12-15H2,1-3H3/t20-,23-/m0/s1. The van der Waals surface area contributed by atoms with Crippen molar-refractivity contribution >= 4 is 5.71 Å². The lowest BCUT2D eigenvalue weighted by Crippen LogP contribution is -2.60. The monoisotopic (exact) mass is 362 g/mol. The zero-order valence-corrected chi connectivity index (χ0v) is 16.2. The van der Waals surface area contributed by atoms with Crippen LogP contribution in [0.5, 0.6) is 5.75 Å². The molecule has 1 fully saturated rings. The Kier molecular flexibility index (Phi) is 3.63. The van der Waals surface area contributed by atoms with Crippen LogP contribution in [0.15, 0.2) is 53.6 Å². The molecule has 4 heteroatoms. The molecule has 3 aliphatic heterocycles. The fraction of sp³-hybridized carbons (Fsp3) is 0.435. The molecule has 0 unspecified atom stereocenters. The minimum atomic E-state index is -0.437. The zero-order chi connectivity index (χ0) is 18.6. The first-order valence-electron chi connectivity index (χ1n) is 9.82. The van der Waals surface area contributed by atoms with Crippen molar-refractivity contribution in [1.29, 1.82) is 0 Å². The third-order valence-electron chi connectivity index (χ3n) is 5.98. The van der Waals surface area contributed by atoms with Gasteiger partial charge in [0.15, 0.2) is 0 Å². The van der Waals surface area contributed by atoms with E-state index < -0.39 is 5.72 Å². The first-order chi connectivity index (χ1) is 13.0. The van der Waals surface area contributed by atoms with E-state index in [4.69, 9.17) is 14.6 Å². The topological polar surface area (TPSA) is 34.1 Å². The van der Waals surface area contributed by atoms with Gasteiger partial charge in [-0.15, -0.1) is 0 Å². The van der Waals surface area contributed by atoms with Crippen LogP contribution in [0.3, 0.4) is 0 Å². The number of hydrogen-bond donors (Lipinski definition) is 0. The summed E-state index contributed by atoms with van der Waals surface area (Å²) in [5.74, 6) is 0.997. The molecule has 3 aliphatic rings. The maximum Gasteiger partial charge on any atom is 0.203 e. The lowest BCUT2D eigenvalue weighted by Gasteiger charge is -2.52. The van der Waals surface area contributed by atoms with Gasteiger partial charge >= 0.3 is 0 Å². The second-order valence-corrected chi connectivity index (χ2v) is 8.60. The highest BCUT2D eigenvalue weighted by Crippen LogP contribution is 2.51. The fourth-order valence-electron chi connectivity index (χ4n) is 4.72. The van der Waals surface area contributed by atoms with Crippen LogP contribution >= 0.6 is 0 Å². The largest absolute Gasteiger partial charge is 0.466 e. The van der Waals surface area contributed by atoms with Crippen molar-refractivity contribution in [3.63, 3.8) is 0 Å². The number of aryl methyl sites for hydroxylation is 1. The maximum atomic E-state index is 6.65. The van der Waals surface area contributed by atoms with E-state index in [0.29, 0.717) is 6.61 Å². The summed E-state index contributed by atoms with van der Waals surface area (Å²) in [7, 11) is 0. The van der Waals surface area contributed by atoms with E-state index in [1.54, 1.807) is 0 Å². The lowest BCUT2D eigenvalue weighted by atomic mass is 9.86. The van der Waals surface area contributed by atoms with Crippen molar-refractivity contribution in [2.24, 2.45) is 5.10 Å². The van der Waals surface area contributed by atoms with Gasteiger partial charge in [-0.2, -0.15) is 5.10 Å². The predicted molar refractivity (Wildman–Crippen MR) is 106 cm³/mol. The Morgan fingerprint density at radius 3 is 2.63 bits per heavy atom. The molecule has 27 heavy (non-hydrogen) atoms. The van der Waals surface area contributed by atoms with Crippen LogP contribution in [0.25, 0.3) is 0 Å². The van der Waals surface area contributed by atoms with Crippen LogP contribution in [0, 0.1) is 6.92 Å². The first kappa shape index (κ1) is 16.8. The van der Waals surface area contributed by atoms with E-state index in [1.165, 1.54) is 16.7 Å². The SMILES string of the molecule is Cc1ccc(C2=NN3[C@@H](C2)c2ccccc2O[C@]32CCOC(C)(C)C2)cc1. The van der Waals surface area contributed by atoms with Gasteiger partial charge in [0.05, 0.1) is 24.0 Å².